The summed E-state index contributed by atoms with van der Waals surface area (Å²) in [6.07, 6.45) is 3.39. The van der Waals surface area contributed by atoms with E-state index in [0.29, 0.717) is 5.92 Å². The van der Waals surface area contributed by atoms with E-state index in [1.807, 2.05) is 26.8 Å². The zero-order chi connectivity index (χ0) is 8.69. The van der Waals surface area contributed by atoms with Gasteiger partial charge in [0.2, 0.25) is 0 Å². The van der Waals surface area contributed by atoms with E-state index in [0.717, 1.165) is 6.54 Å². The molecule has 2 N–H and O–H groups in total. The van der Waals surface area contributed by atoms with Crippen LogP contribution in [0.2, 0.25) is 0 Å². The highest BCUT2D eigenvalue weighted by molar-refractivity contribution is 5.86. The van der Waals surface area contributed by atoms with Gasteiger partial charge >= 0.3 is 0 Å². The number of carbonyl (C=O) groups excluding carboxylic acids is 1. The molecule has 0 aromatic carbocycles. The Hall–Kier alpha value is -0.830. The number of hydrogen-bond donors (Lipinski definition) is 2. The fourth-order valence-corrected chi connectivity index (χ4v) is 0.497. The maximum atomic E-state index is 10.8. The van der Waals surface area contributed by atoms with Crippen molar-refractivity contribution >= 4 is 5.91 Å². The fraction of sp³-hybridized carbons (Fsp3) is 0.625. The van der Waals surface area contributed by atoms with E-state index in [-0.39, 0.29) is 5.91 Å². The summed E-state index contributed by atoms with van der Waals surface area (Å²) in [6.45, 7) is 6.71. The molecule has 1 amide bonds. The first-order chi connectivity index (χ1) is 5.16. The van der Waals surface area contributed by atoms with Gasteiger partial charge in [-0.05, 0) is 5.92 Å². The highest BCUT2D eigenvalue weighted by Gasteiger charge is 1.91. The van der Waals surface area contributed by atoms with Gasteiger partial charge in [0.1, 0.15) is 0 Å². The van der Waals surface area contributed by atoms with Gasteiger partial charge in [0, 0.05) is 12.6 Å². The highest BCUT2D eigenvalue weighted by Crippen LogP contribution is 1.91. The molecule has 0 bridgehead atoms. The molecule has 0 saturated carbocycles. The lowest BCUT2D eigenvalue weighted by Gasteiger charge is -2.00. The van der Waals surface area contributed by atoms with Crippen LogP contribution in [0.3, 0.4) is 0 Å². The Balaban J connectivity index is 3.51. The van der Waals surface area contributed by atoms with Crippen molar-refractivity contribution in [3.63, 3.8) is 0 Å². The molecule has 0 aliphatic carbocycles. The predicted molar refractivity (Wildman–Crippen MR) is 45.8 cm³/mol. The van der Waals surface area contributed by atoms with E-state index < -0.39 is 0 Å². The third-order valence-corrected chi connectivity index (χ3v) is 1.02. The summed E-state index contributed by atoms with van der Waals surface area (Å²) < 4.78 is 0. The number of rotatable bonds is 4. The molecule has 0 aliphatic heterocycles. The van der Waals surface area contributed by atoms with E-state index in [2.05, 4.69) is 10.9 Å². The van der Waals surface area contributed by atoms with Crippen molar-refractivity contribution in [1.82, 2.24) is 10.9 Å². The number of nitrogens with one attached hydrogen (secondary N) is 2. The maximum absolute atomic E-state index is 10.8. The third-order valence-electron chi connectivity index (χ3n) is 1.02. The molecule has 0 spiro atoms. The SMILES string of the molecule is CCNNC(=O)C=CC(C)C. The van der Waals surface area contributed by atoms with Crippen LogP contribution in [0.15, 0.2) is 12.2 Å². The molecule has 0 fully saturated rings. The Labute approximate surface area is 67.8 Å². The predicted octanol–water partition coefficient (Wildman–Crippen LogP) is 0.839. The van der Waals surface area contributed by atoms with Gasteiger partial charge in [-0.2, -0.15) is 0 Å². The highest BCUT2D eigenvalue weighted by atomic mass is 16.2. The molecule has 11 heavy (non-hydrogen) atoms. The van der Waals surface area contributed by atoms with Crippen LogP contribution in [0.25, 0.3) is 0 Å². The number of hydrogen-bond acceptors (Lipinski definition) is 2. The lowest BCUT2D eigenvalue weighted by molar-refractivity contribution is -0.117. The van der Waals surface area contributed by atoms with Gasteiger partial charge < -0.3 is 0 Å². The summed E-state index contributed by atoms with van der Waals surface area (Å²) >= 11 is 0. The van der Waals surface area contributed by atoms with Gasteiger partial charge in [-0.3, -0.25) is 10.2 Å². The van der Waals surface area contributed by atoms with Gasteiger partial charge in [-0.15, -0.1) is 0 Å². The first-order valence-electron chi connectivity index (χ1n) is 3.87. The summed E-state index contributed by atoms with van der Waals surface area (Å²) in [4.78, 5) is 10.8. The van der Waals surface area contributed by atoms with E-state index in [4.69, 9.17) is 0 Å². The van der Waals surface area contributed by atoms with Gasteiger partial charge in [0.05, 0.1) is 0 Å². The van der Waals surface area contributed by atoms with Crippen molar-refractivity contribution in [2.24, 2.45) is 5.92 Å². The summed E-state index contributed by atoms with van der Waals surface area (Å²) in [6, 6.07) is 0. The number of amides is 1. The van der Waals surface area contributed by atoms with E-state index in [9.17, 15) is 4.79 Å². The van der Waals surface area contributed by atoms with Crippen LogP contribution in [0.1, 0.15) is 20.8 Å². The van der Waals surface area contributed by atoms with Crippen molar-refractivity contribution in [2.75, 3.05) is 6.54 Å². The molecule has 0 saturated heterocycles. The van der Waals surface area contributed by atoms with Gasteiger partial charge in [0.25, 0.3) is 5.91 Å². The first kappa shape index (κ1) is 10.2. The minimum atomic E-state index is -0.0967. The van der Waals surface area contributed by atoms with Crippen molar-refractivity contribution in [3.05, 3.63) is 12.2 Å². The van der Waals surface area contributed by atoms with Crippen LogP contribution in [0.4, 0.5) is 0 Å². The Morgan fingerprint density at radius 3 is 2.64 bits per heavy atom. The van der Waals surface area contributed by atoms with Crippen molar-refractivity contribution in [1.29, 1.82) is 0 Å². The summed E-state index contributed by atoms with van der Waals surface area (Å²) in [7, 11) is 0. The number of allylic oxidation sites excluding steroid dienone is 1. The number of hydrazine groups is 1. The monoisotopic (exact) mass is 156 g/mol. The fourth-order valence-electron chi connectivity index (χ4n) is 0.497. The largest absolute Gasteiger partial charge is 0.288 e. The molecular formula is C8H16N2O. The molecule has 3 nitrogen and oxygen atoms in total. The molecule has 0 aliphatic rings. The standard InChI is InChI=1S/C8H16N2O/c1-4-9-10-8(11)6-5-7(2)3/h5-7,9H,4H2,1-3H3,(H,10,11). The topological polar surface area (TPSA) is 41.1 Å². The van der Waals surface area contributed by atoms with Gasteiger partial charge in [0.15, 0.2) is 0 Å². The van der Waals surface area contributed by atoms with Crippen LogP contribution in [-0.2, 0) is 4.79 Å². The van der Waals surface area contributed by atoms with Crippen LogP contribution in [0.5, 0.6) is 0 Å². The second kappa shape index (κ2) is 5.92. The van der Waals surface area contributed by atoms with E-state index in [1.54, 1.807) is 0 Å². The quantitative estimate of drug-likeness (QED) is 0.468. The molecule has 64 valence electrons. The number of carbonyl (C=O) groups is 1. The Kier molecular flexibility index (Phi) is 5.47. The van der Waals surface area contributed by atoms with Crippen molar-refractivity contribution in [2.45, 2.75) is 20.8 Å². The Morgan fingerprint density at radius 2 is 2.18 bits per heavy atom. The Morgan fingerprint density at radius 1 is 1.55 bits per heavy atom. The second-order valence-corrected chi connectivity index (χ2v) is 2.62. The van der Waals surface area contributed by atoms with Crippen LogP contribution in [-0.4, -0.2) is 12.5 Å². The minimum absolute atomic E-state index is 0.0967. The molecule has 0 unspecified atom stereocenters. The van der Waals surface area contributed by atoms with Crippen LogP contribution >= 0.6 is 0 Å². The molecular weight excluding hydrogens is 140 g/mol. The lowest BCUT2D eigenvalue weighted by atomic mass is 10.2. The average Bonchev–Trinajstić information content (AvgIpc) is 1.97. The zero-order valence-electron chi connectivity index (χ0n) is 7.35. The molecule has 0 rings (SSSR count). The molecule has 0 aromatic heterocycles. The minimum Gasteiger partial charge on any atom is -0.288 e. The molecule has 0 radical (unpaired) electrons. The maximum Gasteiger partial charge on any atom is 0.257 e. The molecule has 0 heterocycles. The van der Waals surface area contributed by atoms with Gasteiger partial charge in [-0.25, -0.2) is 5.43 Å². The second-order valence-electron chi connectivity index (χ2n) is 2.62. The van der Waals surface area contributed by atoms with E-state index in [1.165, 1.54) is 6.08 Å². The summed E-state index contributed by atoms with van der Waals surface area (Å²) in [5.74, 6) is 0.322. The van der Waals surface area contributed by atoms with E-state index >= 15 is 0 Å². The molecule has 0 atom stereocenters. The smallest absolute Gasteiger partial charge is 0.257 e. The van der Waals surface area contributed by atoms with Crippen LogP contribution < -0.4 is 10.9 Å². The van der Waals surface area contributed by atoms with Crippen molar-refractivity contribution < 1.29 is 4.79 Å². The normalized spacial score (nSPS) is 10.9. The summed E-state index contributed by atoms with van der Waals surface area (Å²) in [5.41, 5.74) is 5.23. The van der Waals surface area contributed by atoms with Crippen LogP contribution in [0, 0.1) is 5.92 Å². The average molecular weight is 156 g/mol. The molecule has 3 heteroatoms. The molecule has 0 aromatic rings. The lowest BCUT2D eigenvalue weighted by Crippen LogP contribution is -2.35. The first-order valence-corrected chi connectivity index (χ1v) is 3.87. The zero-order valence-corrected chi connectivity index (χ0v) is 7.35. The van der Waals surface area contributed by atoms with Crippen molar-refractivity contribution in [3.8, 4) is 0 Å². The Bertz CT molecular complexity index is 141. The third kappa shape index (κ3) is 7.06. The van der Waals surface area contributed by atoms with Gasteiger partial charge in [-0.1, -0.05) is 26.8 Å². The summed E-state index contributed by atoms with van der Waals surface area (Å²) in [5, 5.41) is 0.